The molecule has 28 heavy (non-hydrogen) atoms. The average molecular weight is 375 g/mol. The van der Waals surface area contributed by atoms with E-state index in [1.165, 1.54) is 0 Å². The summed E-state index contributed by atoms with van der Waals surface area (Å²) in [5.41, 5.74) is 1.75. The number of carbonyl (C=O) groups excluding carboxylic acids is 1. The summed E-state index contributed by atoms with van der Waals surface area (Å²) >= 11 is 0. The van der Waals surface area contributed by atoms with E-state index in [2.05, 4.69) is 23.8 Å². The van der Waals surface area contributed by atoms with Crippen molar-refractivity contribution in [3.8, 4) is 5.82 Å². The molecule has 6 heteroatoms. The Morgan fingerprint density at radius 1 is 1.11 bits per heavy atom. The maximum absolute atomic E-state index is 12.6. The molecule has 0 atom stereocenters. The van der Waals surface area contributed by atoms with Crippen molar-refractivity contribution < 1.29 is 4.79 Å². The highest BCUT2D eigenvalue weighted by Crippen LogP contribution is 2.28. The van der Waals surface area contributed by atoms with E-state index in [-0.39, 0.29) is 5.91 Å². The molecule has 1 fully saturated rings. The Labute approximate surface area is 165 Å². The van der Waals surface area contributed by atoms with Crippen molar-refractivity contribution in [1.29, 1.82) is 0 Å². The lowest BCUT2D eigenvalue weighted by Crippen LogP contribution is -2.38. The van der Waals surface area contributed by atoms with Gasteiger partial charge in [-0.2, -0.15) is 0 Å². The molecule has 0 bridgehead atoms. The number of imidazole rings is 1. The van der Waals surface area contributed by atoms with E-state index in [9.17, 15) is 4.79 Å². The largest absolute Gasteiger partial charge is 0.339 e. The molecule has 1 aliphatic rings. The predicted molar refractivity (Wildman–Crippen MR) is 108 cm³/mol. The van der Waals surface area contributed by atoms with Crippen LogP contribution in [-0.4, -0.2) is 43.4 Å². The Morgan fingerprint density at radius 3 is 2.57 bits per heavy atom. The van der Waals surface area contributed by atoms with Gasteiger partial charge >= 0.3 is 0 Å². The summed E-state index contributed by atoms with van der Waals surface area (Å²) in [6, 6.07) is 9.49. The normalized spacial score (nSPS) is 15.2. The SMILES string of the molecule is CC(C)c1nccn1-c1cncc(C2CCN(C(=O)c3ccccc3)CC2)n1. The first kappa shape index (κ1) is 18.3. The third-order valence-corrected chi connectivity index (χ3v) is 5.29. The molecule has 0 N–H and O–H groups in total. The molecule has 1 aromatic carbocycles. The van der Waals surface area contributed by atoms with Gasteiger partial charge in [-0.1, -0.05) is 32.0 Å². The van der Waals surface area contributed by atoms with E-state index < -0.39 is 0 Å². The molecule has 0 aliphatic carbocycles. The quantitative estimate of drug-likeness (QED) is 0.696. The van der Waals surface area contributed by atoms with Crippen LogP contribution in [-0.2, 0) is 0 Å². The molecule has 144 valence electrons. The van der Waals surface area contributed by atoms with Crippen LogP contribution in [0.25, 0.3) is 5.82 Å². The zero-order chi connectivity index (χ0) is 19.5. The lowest BCUT2D eigenvalue weighted by molar-refractivity contribution is 0.0712. The average Bonchev–Trinajstić information content (AvgIpc) is 3.24. The van der Waals surface area contributed by atoms with Gasteiger partial charge in [0.2, 0.25) is 0 Å². The third kappa shape index (κ3) is 3.67. The molecule has 0 spiro atoms. The number of rotatable bonds is 4. The fourth-order valence-corrected chi connectivity index (χ4v) is 3.76. The van der Waals surface area contributed by atoms with Gasteiger partial charge in [-0.25, -0.2) is 9.97 Å². The van der Waals surface area contributed by atoms with Crippen molar-refractivity contribution >= 4 is 5.91 Å². The highest BCUT2D eigenvalue weighted by molar-refractivity contribution is 5.94. The molecule has 1 amide bonds. The number of carbonyl (C=O) groups is 1. The lowest BCUT2D eigenvalue weighted by atomic mass is 9.93. The summed E-state index contributed by atoms with van der Waals surface area (Å²) in [5.74, 6) is 2.53. The topological polar surface area (TPSA) is 63.9 Å². The van der Waals surface area contributed by atoms with Gasteiger partial charge in [0.25, 0.3) is 5.91 Å². The maximum atomic E-state index is 12.6. The van der Waals surface area contributed by atoms with Gasteiger partial charge in [0.1, 0.15) is 5.82 Å². The number of likely N-dealkylation sites (tertiary alicyclic amines) is 1. The van der Waals surface area contributed by atoms with Crippen molar-refractivity contribution in [1.82, 2.24) is 24.4 Å². The van der Waals surface area contributed by atoms with Crippen molar-refractivity contribution in [2.24, 2.45) is 0 Å². The monoisotopic (exact) mass is 375 g/mol. The number of amides is 1. The number of benzene rings is 1. The van der Waals surface area contributed by atoms with E-state index in [0.717, 1.165) is 48.8 Å². The predicted octanol–water partition coefficient (Wildman–Crippen LogP) is 3.81. The highest BCUT2D eigenvalue weighted by Gasteiger charge is 2.26. The molecule has 0 unspecified atom stereocenters. The van der Waals surface area contributed by atoms with Crippen LogP contribution in [0.4, 0.5) is 0 Å². The summed E-state index contributed by atoms with van der Waals surface area (Å²) < 4.78 is 2.01. The van der Waals surface area contributed by atoms with E-state index in [4.69, 9.17) is 4.98 Å². The summed E-state index contributed by atoms with van der Waals surface area (Å²) in [6.07, 6.45) is 9.18. The molecule has 3 aromatic rings. The number of piperidine rings is 1. The summed E-state index contributed by atoms with van der Waals surface area (Å²) in [7, 11) is 0. The van der Waals surface area contributed by atoms with Crippen LogP contribution in [0.3, 0.4) is 0 Å². The first-order valence-electron chi connectivity index (χ1n) is 9.83. The van der Waals surface area contributed by atoms with E-state index >= 15 is 0 Å². The number of hydrogen-bond acceptors (Lipinski definition) is 4. The minimum atomic E-state index is 0.110. The van der Waals surface area contributed by atoms with Crippen molar-refractivity contribution in [3.05, 3.63) is 72.2 Å². The molecule has 6 nitrogen and oxygen atoms in total. The summed E-state index contributed by atoms with van der Waals surface area (Å²) in [5, 5.41) is 0. The van der Waals surface area contributed by atoms with Crippen molar-refractivity contribution in [2.75, 3.05) is 13.1 Å². The molecule has 0 saturated carbocycles. The van der Waals surface area contributed by atoms with Crippen LogP contribution in [0.1, 0.15) is 60.4 Å². The smallest absolute Gasteiger partial charge is 0.253 e. The van der Waals surface area contributed by atoms with Gasteiger partial charge in [-0.3, -0.25) is 14.3 Å². The van der Waals surface area contributed by atoms with Gasteiger partial charge in [0, 0.05) is 49.1 Å². The van der Waals surface area contributed by atoms with Crippen LogP contribution < -0.4 is 0 Å². The number of hydrogen-bond donors (Lipinski definition) is 0. The minimum Gasteiger partial charge on any atom is -0.339 e. The fraction of sp³-hybridized carbons (Fsp3) is 0.364. The van der Waals surface area contributed by atoms with Gasteiger partial charge in [-0.15, -0.1) is 0 Å². The highest BCUT2D eigenvalue weighted by atomic mass is 16.2. The Hall–Kier alpha value is -3.02. The first-order valence-corrected chi connectivity index (χ1v) is 9.83. The number of nitrogens with zero attached hydrogens (tertiary/aromatic N) is 5. The maximum Gasteiger partial charge on any atom is 0.253 e. The molecular formula is C22H25N5O. The first-order chi connectivity index (χ1) is 13.6. The Morgan fingerprint density at radius 2 is 1.86 bits per heavy atom. The third-order valence-electron chi connectivity index (χ3n) is 5.29. The van der Waals surface area contributed by atoms with Crippen molar-refractivity contribution in [2.45, 2.75) is 38.5 Å². The van der Waals surface area contributed by atoms with Gasteiger partial charge < -0.3 is 4.90 Å². The Balaban J connectivity index is 1.47. The second kappa shape index (κ2) is 7.92. The van der Waals surface area contributed by atoms with Crippen LogP contribution in [0.2, 0.25) is 0 Å². The lowest BCUT2D eigenvalue weighted by Gasteiger charge is -2.31. The van der Waals surface area contributed by atoms with Gasteiger partial charge in [0.15, 0.2) is 5.82 Å². The molecule has 1 aliphatic heterocycles. The van der Waals surface area contributed by atoms with Crippen LogP contribution in [0.15, 0.2) is 55.1 Å². The van der Waals surface area contributed by atoms with Crippen LogP contribution in [0.5, 0.6) is 0 Å². The summed E-state index contributed by atoms with van der Waals surface area (Å²) in [6.45, 7) is 5.73. The van der Waals surface area contributed by atoms with E-state index in [1.807, 2.05) is 52.2 Å². The van der Waals surface area contributed by atoms with Gasteiger partial charge in [-0.05, 0) is 25.0 Å². The molecule has 0 radical (unpaired) electrons. The molecule has 3 heterocycles. The minimum absolute atomic E-state index is 0.110. The molecule has 2 aromatic heterocycles. The Kier molecular flexibility index (Phi) is 5.19. The van der Waals surface area contributed by atoms with E-state index in [0.29, 0.717) is 11.8 Å². The Bertz CT molecular complexity index is 942. The summed E-state index contributed by atoms with van der Waals surface area (Å²) in [4.78, 5) is 28.3. The van der Waals surface area contributed by atoms with E-state index in [1.54, 1.807) is 12.4 Å². The van der Waals surface area contributed by atoms with Crippen LogP contribution in [0, 0.1) is 0 Å². The second-order valence-corrected chi connectivity index (χ2v) is 7.54. The van der Waals surface area contributed by atoms with Crippen molar-refractivity contribution in [3.63, 3.8) is 0 Å². The standard InChI is InChI=1S/C22H25N5O/c1-16(2)21-24-10-13-27(21)20-15-23-14-19(25-20)17-8-11-26(12-9-17)22(28)18-6-4-3-5-7-18/h3-7,10,13-17H,8-9,11-12H2,1-2H3. The number of aromatic nitrogens is 4. The molecule has 4 rings (SSSR count). The van der Waals surface area contributed by atoms with Crippen LogP contribution >= 0.6 is 0 Å². The molecule has 1 saturated heterocycles. The fourth-order valence-electron chi connectivity index (χ4n) is 3.76. The molecular weight excluding hydrogens is 350 g/mol. The zero-order valence-corrected chi connectivity index (χ0v) is 16.3. The zero-order valence-electron chi connectivity index (χ0n) is 16.3. The second-order valence-electron chi connectivity index (χ2n) is 7.54. The van der Waals surface area contributed by atoms with Gasteiger partial charge in [0.05, 0.1) is 11.9 Å².